The van der Waals surface area contributed by atoms with Crippen LogP contribution in [0.15, 0.2) is 37.4 Å². The van der Waals surface area contributed by atoms with Gasteiger partial charge >= 0.3 is 0 Å². The molecule has 0 saturated heterocycles. The van der Waals surface area contributed by atoms with Gasteiger partial charge in [0.2, 0.25) is 0 Å². The lowest BCUT2D eigenvalue weighted by molar-refractivity contribution is 0.308. The number of nitriles is 2. The average Bonchev–Trinajstić information content (AvgIpc) is 2.55. The summed E-state index contributed by atoms with van der Waals surface area (Å²) in [5.41, 5.74) is 3.24. The van der Waals surface area contributed by atoms with E-state index in [1.807, 2.05) is 12.2 Å². The van der Waals surface area contributed by atoms with Crippen molar-refractivity contribution in [2.45, 2.75) is 44.4 Å². The monoisotopic (exact) mass is 290 g/mol. The maximum Gasteiger partial charge on any atom is 0.101 e. The summed E-state index contributed by atoms with van der Waals surface area (Å²) in [6.45, 7) is 7.71. The van der Waals surface area contributed by atoms with E-state index in [0.717, 1.165) is 18.4 Å². The van der Waals surface area contributed by atoms with Crippen molar-refractivity contribution in [3.05, 3.63) is 59.7 Å². The van der Waals surface area contributed by atoms with Gasteiger partial charge in [-0.05, 0) is 54.7 Å². The Hall–Kier alpha value is -2.32. The molecule has 1 saturated carbocycles. The molecule has 0 radical (unpaired) electrons. The van der Waals surface area contributed by atoms with Crippen LogP contribution in [0.3, 0.4) is 0 Å². The van der Waals surface area contributed by atoms with E-state index in [1.165, 1.54) is 24.8 Å². The molecule has 2 rings (SSSR count). The van der Waals surface area contributed by atoms with Crippen LogP contribution in [0.2, 0.25) is 0 Å². The number of benzene rings is 1. The van der Waals surface area contributed by atoms with Gasteiger partial charge in [0.05, 0.1) is 11.1 Å². The minimum atomic E-state index is 0.460. The smallest absolute Gasteiger partial charge is 0.101 e. The van der Waals surface area contributed by atoms with Crippen molar-refractivity contribution in [1.29, 1.82) is 10.5 Å². The van der Waals surface area contributed by atoms with Gasteiger partial charge in [0, 0.05) is 0 Å². The predicted octanol–water partition coefficient (Wildman–Crippen LogP) is 5.01. The summed E-state index contributed by atoms with van der Waals surface area (Å²) in [5.74, 6) is 1.05. The Morgan fingerprint density at radius 2 is 1.86 bits per heavy atom. The SMILES string of the molecule is C=CCc1c(C2CCCCC2CC=C)ccc(C#N)c1C#N. The summed E-state index contributed by atoms with van der Waals surface area (Å²) >= 11 is 0. The van der Waals surface area contributed by atoms with Crippen LogP contribution in [0.1, 0.15) is 60.3 Å². The first-order valence-electron chi connectivity index (χ1n) is 7.94. The number of nitrogens with zero attached hydrogens (tertiary/aromatic N) is 2. The molecule has 1 fully saturated rings. The molecule has 1 aliphatic rings. The fourth-order valence-corrected chi connectivity index (χ4v) is 3.71. The Kier molecular flexibility index (Phi) is 5.56. The molecule has 112 valence electrons. The van der Waals surface area contributed by atoms with E-state index in [2.05, 4.69) is 31.4 Å². The average molecular weight is 290 g/mol. The highest BCUT2D eigenvalue weighted by Gasteiger charge is 2.28. The molecule has 1 aliphatic carbocycles. The van der Waals surface area contributed by atoms with E-state index in [-0.39, 0.29) is 0 Å². The van der Waals surface area contributed by atoms with Crippen LogP contribution in [0.5, 0.6) is 0 Å². The predicted molar refractivity (Wildman–Crippen MR) is 89.3 cm³/mol. The second-order valence-electron chi connectivity index (χ2n) is 5.95. The first-order valence-corrected chi connectivity index (χ1v) is 7.94. The third-order valence-corrected chi connectivity index (χ3v) is 4.71. The molecule has 0 amide bonds. The van der Waals surface area contributed by atoms with Gasteiger partial charge in [-0.15, -0.1) is 13.2 Å². The first kappa shape index (κ1) is 16.1. The molecule has 2 atom stereocenters. The van der Waals surface area contributed by atoms with Crippen LogP contribution < -0.4 is 0 Å². The Bertz CT molecular complexity index is 643. The van der Waals surface area contributed by atoms with E-state index >= 15 is 0 Å². The van der Waals surface area contributed by atoms with Gasteiger partial charge in [0.15, 0.2) is 0 Å². The van der Waals surface area contributed by atoms with Crippen molar-refractivity contribution < 1.29 is 0 Å². The van der Waals surface area contributed by atoms with Gasteiger partial charge in [-0.3, -0.25) is 0 Å². The molecule has 0 spiro atoms. The van der Waals surface area contributed by atoms with Gasteiger partial charge < -0.3 is 0 Å². The number of rotatable bonds is 5. The molecule has 2 nitrogen and oxygen atoms in total. The lowest BCUT2D eigenvalue weighted by Crippen LogP contribution is -2.19. The molecule has 2 heteroatoms. The molecule has 0 bridgehead atoms. The van der Waals surface area contributed by atoms with Crippen LogP contribution in [-0.2, 0) is 6.42 Å². The highest BCUT2D eigenvalue weighted by Crippen LogP contribution is 2.42. The summed E-state index contributed by atoms with van der Waals surface area (Å²) in [7, 11) is 0. The largest absolute Gasteiger partial charge is 0.192 e. The van der Waals surface area contributed by atoms with E-state index in [4.69, 9.17) is 0 Å². The lowest BCUT2D eigenvalue weighted by atomic mass is 9.72. The Morgan fingerprint density at radius 1 is 1.09 bits per heavy atom. The summed E-state index contributed by atoms with van der Waals surface area (Å²) in [6, 6.07) is 8.24. The first-order chi connectivity index (χ1) is 10.8. The highest BCUT2D eigenvalue weighted by molar-refractivity contribution is 5.55. The minimum absolute atomic E-state index is 0.460. The van der Waals surface area contributed by atoms with Crippen LogP contribution in [-0.4, -0.2) is 0 Å². The van der Waals surface area contributed by atoms with Crippen LogP contribution >= 0.6 is 0 Å². The Morgan fingerprint density at radius 3 is 2.50 bits per heavy atom. The van der Waals surface area contributed by atoms with Crippen LogP contribution in [0.4, 0.5) is 0 Å². The molecule has 22 heavy (non-hydrogen) atoms. The van der Waals surface area contributed by atoms with Gasteiger partial charge in [0.25, 0.3) is 0 Å². The van der Waals surface area contributed by atoms with Gasteiger partial charge in [-0.25, -0.2) is 0 Å². The molecular formula is C20H22N2. The van der Waals surface area contributed by atoms with Crippen molar-refractivity contribution in [3.63, 3.8) is 0 Å². The molecule has 0 N–H and O–H groups in total. The molecule has 1 aromatic rings. The van der Waals surface area contributed by atoms with E-state index in [9.17, 15) is 10.5 Å². The van der Waals surface area contributed by atoms with E-state index < -0.39 is 0 Å². The minimum Gasteiger partial charge on any atom is -0.192 e. The topological polar surface area (TPSA) is 47.6 Å². The standard InChI is InChI=1S/C20H22N2/c1-3-7-15-9-5-6-10-17(15)19-12-11-16(13-21)20(14-22)18(19)8-4-2/h3-4,11-12,15,17H,1-2,5-10H2. The van der Waals surface area contributed by atoms with Crippen LogP contribution in [0.25, 0.3) is 0 Å². The molecule has 1 aromatic carbocycles. The van der Waals surface area contributed by atoms with Crippen molar-refractivity contribution in [3.8, 4) is 12.1 Å². The summed E-state index contributed by atoms with van der Waals surface area (Å²) < 4.78 is 0. The molecule has 0 aliphatic heterocycles. The fourth-order valence-electron chi connectivity index (χ4n) is 3.71. The molecule has 0 heterocycles. The third kappa shape index (κ3) is 3.12. The van der Waals surface area contributed by atoms with Crippen LogP contribution in [0, 0.1) is 28.6 Å². The highest BCUT2D eigenvalue weighted by atomic mass is 14.3. The Labute approximate surface area is 133 Å². The summed E-state index contributed by atoms with van der Waals surface area (Å²) in [6.07, 6.45) is 10.4. The van der Waals surface area contributed by atoms with Crippen molar-refractivity contribution >= 4 is 0 Å². The molecule has 2 unspecified atom stereocenters. The number of hydrogen-bond donors (Lipinski definition) is 0. The number of allylic oxidation sites excluding steroid dienone is 2. The quantitative estimate of drug-likeness (QED) is 0.716. The Balaban J connectivity index is 2.53. The number of hydrogen-bond acceptors (Lipinski definition) is 2. The van der Waals surface area contributed by atoms with Gasteiger partial charge in [-0.1, -0.05) is 31.1 Å². The third-order valence-electron chi connectivity index (χ3n) is 4.71. The summed E-state index contributed by atoms with van der Waals surface area (Å²) in [5, 5.41) is 18.7. The van der Waals surface area contributed by atoms with Gasteiger partial charge in [-0.2, -0.15) is 10.5 Å². The van der Waals surface area contributed by atoms with Crippen molar-refractivity contribution in [2.24, 2.45) is 5.92 Å². The van der Waals surface area contributed by atoms with Crippen molar-refractivity contribution in [2.75, 3.05) is 0 Å². The fraction of sp³-hybridized carbons (Fsp3) is 0.400. The second-order valence-corrected chi connectivity index (χ2v) is 5.95. The molecule has 0 aromatic heterocycles. The second kappa shape index (κ2) is 7.62. The van der Waals surface area contributed by atoms with Gasteiger partial charge in [0.1, 0.15) is 12.1 Å². The zero-order chi connectivity index (χ0) is 15.9. The molecular weight excluding hydrogens is 268 g/mol. The van der Waals surface area contributed by atoms with Crippen molar-refractivity contribution in [1.82, 2.24) is 0 Å². The van der Waals surface area contributed by atoms with E-state index in [1.54, 1.807) is 6.07 Å². The van der Waals surface area contributed by atoms with E-state index in [0.29, 0.717) is 29.4 Å². The normalized spacial score (nSPS) is 20.6. The zero-order valence-corrected chi connectivity index (χ0v) is 13.0. The summed E-state index contributed by atoms with van der Waals surface area (Å²) in [4.78, 5) is 0. The lowest BCUT2D eigenvalue weighted by Gasteiger charge is -2.33. The maximum atomic E-state index is 9.50. The maximum absolute atomic E-state index is 9.50. The zero-order valence-electron chi connectivity index (χ0n) is 13.0.